The summed E-state index contributed by atoms with van der Waals surface area (Å²) in [5.74, 6) is 0.911. The van der Waals surface area contributed by atoms with Crippen LogP contribution in [-0.2, 0) is 4.74 Å². The maximum Gasteiger partial charge on any atom is 0.158 e. The number of rotatable bonds is 4. The molecule has 7 rings (SSSR count). The summed E-state index contributed by atoms with van der Waals surface area (Å²) in [6.07, 6.45) is 8.78. The van der Waals surface area contributed by atoms with Crippen LogP contribution in [0, 0.1) is 19.3 Å². The van der Waals surface area contributed by atoms with Gasteiger partial charge in [-0.05, 0) is 68.7 Å². The molecule has 1 aliphatic carbocycles. The fourth-order valence-electron chi connectivity index (χ4n) is 6.94. The number of aromatic amines is 1. The topological polar surface area (TPSA) is 71.3 Å². The SMILES string of the molecule is Cc1c(-c2[nH]c3ccc(C4CCC(N5CC6(COC6)C5)CC4)nc3c2C(C)C)cn2ncnc2c1C. The van der Waals surface area contributed by atoms with E-state index in [1.165, 1.54) is 66.7 Å². The Morgan fingerprint density at radius 1 is 1.06 bits per heavy atom. The van der Waals surface area contributed by atoms with E-state index in [1.54, 1.807) is 6.33 Å². The highest BCUT2D eigenvalue weighted by molar-refractivity contribution is 5.89. The van der Waals surface area contributed by atoms with Gasteiger partial charge in [0.05, 0.1) is 29.9 Å². The molecule has 0 amide bonds. The summed E-state index contributed by atoms with van der Waals surface area (Å²) >= 11 is 0. The summed E-state index contributed by atoms with van der Waals surface area (Å²) in [6, 6.07) is 5.27. The molecule has 7 heteroatoms. The van der Waals surface area contributed by atoms with Crippen molar-refractivity contribution in [3.63, 3.8) is 0 Å². The zero-order valence-electron chi connectivity index (χ0n) is 21.8. The van der Waals surface area contributed by atoms with Crippen molar-refractivity contribution in [2.45, 2.75) is 71.3 Å². The number of hydrogen-bond acceptors (Lipinski definition) is 5. The molecular formula is C29H36N6O. The normalized spacial score (nSPS) is 24.0. The summed E-state index contributed by atoms with van der Waals surface area (Å²) < 4.78 is 7.36. The van der Waals surface area contributed by atoms with Gasteiger partial charge in [0.1, 0.15) is 6.33 Å². The van der Waals surface area contributed by atoms with Gasteiger partial charge in [-0.2, -0.15) is 5.10 Å². The van der Waals surface area contributed by atoms with Crippen molar-refractivity contribution in [3.05, 3.63) is 47.0 Å². The van der Waals surface area contributed by atoms with Crippen molar-refractivity contribution >= 4 is 16.7 Å². The van der Waals surface area contributed by atoms with Gasteiger partial charge in [-0.15, -0.1) is 0 Å². The second-order valence-corrected chi connectivity index (χ2v) is 11.9. The molecule has 0 unspecified atom stereocenters. The quantitative estimate of drug-likeness (QED) is 0.422. The summed E-state index contributed by atoms with van der Waals surface area (Å²) in [5, 5.41) is 4.42. The molecule has 0 radical (unpaired) electrons. The molecule has 3 aliphatic rings. The Balaban J connectivity index is 1.19. The van der Waals surface area contributed by atoms with Crippen LogP contribution in [0.25, 0.3) is 27.9 Å². The van der Waals surface area contributed by atoms with Gasteiger partial charge in [-0.3, -0.25) is 9.88 Å². The van der Waals surface area contributed by atoms with Crippen LogP contribution >= 0.6 is 0 Å². The van der Waals surface area contributed by atoms with E-state index in [-0.39, 0.29) is 0 Å². The predicted octanol–water partition coefficient (Wildman–Crippen LogP) is 5.37. The van der Waals surface area contributed by atoms with Gasteiger partial charge in [-0.1, -0.05) is 13.8 Å². The number of aromatic nitrogens is 5. The van der Waals surface area contributed by atoms with Gasteiger partial charge in [-0.25, -0.2) is 9.50 Å². The number of aryl methyl sites for hydroxylation is 1. The first kappa shape index (κ1) is 22.4. The summed E-state index contributed by atoms with van der Waals surface area (Å²) in [5.41, 5.74) is 11.0. The number of fused-ring (bicyclic) bond motifs is 2. The molecular weight excluding hydrogens is 448 g/mol. The van der Waals surface area contributed by atoms with Gasteiger partial charge in [0.15, 0.2) is 5.65 Å². The fourth-order valence-corrected chi connectivity index (χ4v) is 6.94. The van der Waals surface area contributed by atoms with Crippen molar-refractivity contribution in [1.29, 1.82) is 0 Å². The number of ether oxygens (including phenoxy) is 1. The molecule has 6 heterocycles. The Kier molecular flexibility index (Phi) is 5.06. The zero-order valence-corrected chi connectivity index (χ0v) is 21.8. The van der Waals surface area contributed by atoms with Crippen LogP contribution in [0.2, 0.25) is 0 Å². The van der Waals surface area contributed by atoms with Crippen molar-refractivity contribution in [1.82, 2.24) is 29.5 Å². The molecule has 2 saturated heterocycles. The standard InChI is InChI=1S/C29H36N6O/c1-17(2)25-26(22-11-35-28(30-16-31-35)19(4)18(22)3)33-24-10-9-23(32-27(24)25)20-5-7-21(8-6-20)34-12-29(13-34)14-36-15-29/h9-11,16-17,20-21,33H,5-8,12-15H2,1-4H3. The predicted molar refractivity (Wildman–Crippen MR) is 141 cm³/mol. The lowest BCUT2D eigenvalue weighted by atomic mass is 9.74. The minimum Gasteiger partial charge on any atom is -0.380 e. The minimum atomic E-state index is 0.354. The van der Waals surface area contributed by atoms with E-state index in [0.29, 0.717) is 17.3 Å². The highest BCUT2D eigenvalue weighted by Crippen LogP contribution is 2.44. The van der Waals surface area contributed by atoms with E-state index in [1.807, 2.05) is 4.52 Å². The lowest BCUT2D eigenvalue weighted by Gasteiger charge is -2.58. The van der Waals surface area contributed by atoms with E-state index in [0.717, 1.165) is 41.6 Å². The van der Waals surface area contributed by atoms with Crippen LogP contribution in [0.4, 0.5) is 0 Å². The van der Waals surface area contributed by atoms with E-state index in [9.17, 15) is 0 Å². The Bertz CT molecular complexity index is 1450. The van der Waals surface area contributed by atoms with Gasteiger partial charge in [0.2, 0.25) is 0 Å². The summed E-state index contributed by atoms with van der Waals surface area (Å²) in [7, 11) is 0. The molecule has 1 spiro atoms. The van der Waals surface area contributed by atoms with Crippen molar-refractivity contribution in [2.75, 3.05) is 26.3 Å². The third-order valence-corrected chi connectivity index (χ3v) is 9.20. The second kappa shape index (κ2) is 8.12. The molecule has 7 nitrogen and oxygen atoms in total. The number of hydrogen-bond donors (Lipinski definition) is 1. The average Bonchev–Trinajstić information content (AvgIpc) is 3.44. The minimum absolute atomic E-state index is 0.354. The lowest BCUT2D eigenvalue weighted by Crippen LogP contribution is -2.68. The van der Waals surface area contributed by atoms with Crippen LogP contribution in [0.15, 0.2) is 24.7 Å². The lowest BCUT2D eigenvalue weighted by molar-refractivity contribution is -0.200. The molecule has 0 bridgehead atoms. The Morgan fingerprint density at radius 3 is 2.53 bits per heavy atom. The van der Waals surface area contributed by atoms with E-state index in [4.69, 9.17) is 9.72 Å². The molecule has 4 aromatic heterocycles. The number of pyridine rings is 2. The van der Waals surface area contributed by atoms with Crippen LogP contribution in [0.3, 0.4) is 0 Å². The van der Waals surface area contributed by atoms with Crippen molar-refractivity contribution < 1.29 is 4.74 Å². The molecule has 3 fully saturated rings. The van der Waals surface area contributed by atoms with Gasteiger partial charge >= 0.3 is 0 Å². The Morgan fingerprint density at radius 2 is 1.83 bits per heavy atom. The molecule has 1 saturated carbocycles. The number of nitrogens with one attached hydrogen (secondary N) is 1. The molecule has 188 valence electrons. The average molecular weight is 485 g/mol. The Labute approximate surface area is 212 Å². The third kappa shape index (κ3) is 3.36. The zero-order chi connectivity index (χ0) is 24.6. The highest BCUT2D eigenvalue weighted by Gasteiger charge is 2.50. The summed E-state index contributed by atoms with van der Waals surface area (Å²) in [6.45, 7) is 13.3. The molecule has 0 atom stereocenters. The largest absolute Gasteiger partial charge is 0.380 e. The third-order valence-electron chi connectivity index (χ3n) is 9.20. The maximum absolute atomic E-state index is 5.46. The molecule has 36 heavy (non-hydrogen) atoms. The fraction of sp³-hybridized carbons (Fsp3) is 0.552. The van der Waals surface area contributed by atoms with Crippen molar-refractivity contribution in [3.8, 4) is 11.3 Å². The smallest absolute Gasteiger partial charge is 0.158 e. The number of likely N-dealkylation sites (tertiary alicyclic amines) is 1. The second-order valence-electron chi connectivity index (χ2n) is 11.9. The van der Waals surface area contributed by atoms with Crippen LogP contribution in [0.1, 0.15) is 73.8 Å². The van der Waals surface area contributed by atoms with Gasteiger partial charge in [0, 0.05) is 53.5 Å². The molecule has 2 aliphatic heterocycles. The molecule has 0 aromatic carbocycles. The maximum atomic E-state index is 5.46. The first-order chi connectivity index (χ1) is 17.4. The van der Waals surface area contributed by atoms with E-state index >= 15 is 0 Å². The summed E-state index contributed by atoms with van der Waals surface area (Å²) in [4.78, 5) is 16.2. The van der Waals surface area contributed by atoms with E-state index < -0.39 is 0 Å². The van der Waals surface area contributed by atoms with Crippen LogP contribution in [-0.4, -0.2) is 61.8 Å². The highest BCUT2D eigenvalue weighted by atomic mass is 16.5. The first-order valence-corrected chi connectivity index (χ1v) is 13.6. The van der Waals surface area contributed by atoms with Crippen LogP contribution < -0.4 is 0 Å². The van der Waals surface area contributed by atoms with Crippen LogP contribution in [0.5, 0.6) is 0 Å². The molecule has 4 aromatic rings. The molecule has 1 N–H and O–H groups in total. The number of H-pyrrole nitrogens is 1. The Hall–Kier alpha value is -2.77. The first-order valence-electron chi connectivity index (χ1n) is 13.6. The van der Waals surface area contributed by atoms with E-state index in [2.05, 4.69) is 66.0 Å². The van der Waals surface area contributed by atoms with Crippen molar-refractivity contribution in [2.24, 2.45) is 5.41 Å². The monoisotopic (exact) mass is 484 g/mol. The van der Waals surface area contributed by atoms with Gasteiger partial charge < -0.3 is 9.72 Å². The van der Waals surface area contributed by atoms with Gasteiger partial charge in [0.25, 0.3) is 0 Å². The number of nitrogens with zero attached hydrogens (tertiary/aromatic N) is 5.